The number of hydrogen-bond donors (Lipinski definition) is 3. The van der Waals surface area contributed by atoms with E-state index >= 15 is 0 Å². The van der Waals surface area contributed by atoms with E-state index in [-0.39, 0.29) is 18.5 Å². The average Bonchev–Trinajstić information content (AvgIpc) is 3.58. The molecule has 0 aromatic rings. The first-order valence-electron chi connectivity index (χ1n) is 39.8. The molecule has 0 radical (unpaired) electrons. The maximum absolute atomic E-state index is 12.5. The maximum atomic E-state index is 12.5. The van der Waals surface area contributed by atoms with Gasteiger partial charge in [0.25, 0.3) is 0 Å². The molecule has 0 aliphatic rings. The van der Waals surface area contributed by atoms with Crippen molar-refractivity contribution in [2.75, 3.05) is 13.2 Å². The summed E-state index contributed by atoms with van der Waals surface area (Å²) in [6.07, 6.45) is 99.8. The molecule has 2 unspecified atom stereocenters. The Bertz CT molecular complexity index is 1410. The van der Waals surface area contributed by atoms with Gasteiger partial charge in [0.15, 0.2) is 0 Å². The molecule has 0 aliphatic heterocycles. The van der Waals surface area contributed by atoms with Crippen LogP contribution in [0.5, 0.6) is 0 Å². The second kappa shape index (κ2) is 76.5. The van der Waals surface area contributed by atoms with Gasteiger partial charge in [-0.25, -0.2) is 0 Å². The third kappa shape index (κ3) is 73.0. The van der Waals surface area contributed by atoms with Gasteiger partial charge in [0.05, 0.1) is 25.4 Å². The van der Waals surface area contributed by atoms with E-state index in [4.69, 9.17) is 4.74 Å². The number of hydrogen-bond acceptors (Lipinski definition) is 5. The molecule has 514 valence electrons. The van der Waals surface area contributed by atoms with Crippen LogP contribution >= 0.6 is 0 Å². The van der Waals surface area contributed by atoms with Gasteiger partial charge in [-0.05, 0) is 64.2 Å². The zero-order valence-electron chi connectivity index (χ0n) is 59.0. The third-order valence-electron chi connectivity index (χ3n) is 18.7. The molecule has 2 atom stereocenters. The summed E-state index contributed by atoms with van der Waals surface area (Å²) >= 11 is 0. The number of allylic oxidation sites excluding steroid dienone is 5. The minimum Gasteiger partial charge on any atom is -0.466 e. The van der Waals surface area contributed by atoms with Crippen molar-refractivity contribution in [3.8, 4) is 0 Å². The molecule has 0 aromatic heterocycles. The smallest absolute Gasteiger partial charge is 0.305 e. The van der Waals surface area contributed by atoms with E-state index in [0.29, 0.717) is 19.4 Å². The predicted molar refractivity (Wildman–Crippen MR) is 384 cm³/mol. The first-order chi connectivity index (χ1) is 43.0. The fourth-order valence-corrected chi connectivity index (χ4v) is 12.6. The number of aliphatic hydroxyl groups is 2. The number of carbonyl (C=O) groups excluding carboxylic acids is 2. The van der Waals surface area contributed by atoms with Crippen LogP contribution in [0.4, 0.5) is 0 Å². The summed E-state index contributed by atoms with van der Waals surface area (Å²) in [6.45, 7) is 4.95. The summed E-state index contributed by atoms with van der Waals surface area (Å²) in [6, 6.07) is -0.628. The first-order valence-corrected chi connectivity index (χ1v) is 39.8. The van der Waals surface area contributed by atoms with Gasteiger partial charge >= 0.3 is 5.97 Å². The van der Waals surface area contributed by atoms with Gasteiger partial charge in [0, 0.05) is 12.8 Å². The molecule has 0 aromatic carbocycles. The Balaban J connectivity index is 3.39. The van der Waals surface area contributed by atoms with Gasteiger partial charge in [0.1, 0.15) is 0 Å². The zero-order valence-corrected chi connectivity index (χ0v) is 59.0. The molecule has 6 nitrogen and oxygen atoms in total. The maximum Gasteiger partial charge on any atom is 0.305 e. The standard InChI is InChI=1S/C81H155NO5/c1-3-5-7-9-11-13-15-17-19-21-22-38-42-45-49-53-57-61-65-69-73-79(84)78(77-83)82-80(85)74-70-66-62-58-54-50-46-43-39-36-34-32-30-28-26-24-23-25-27-29-31-33-35-37-40-44-48-52-56-60-64-68-72-76-87-81(86)75-71-67-63-59-55-51-47-41-20-18-16-14-12-10-8-6-4-2/h27,29,33,35,69,73,78-79,83-84H,3-26,28,30-32,34,36-68,70-72,74-77H2,1-2H3,(H,82,85)/b29-27-,35-33-,73-69+. The Morgan fingerprint density at radius 3 is 0.874 bits per heavy atom. The Labute approximate surface area is 544 Å². The minimum absolute atomic E-state index is 0.0187. The van der Waals surface area contributed by atoms with Crippen LogP contribution < -0.4 is 5.32 Å². The van der Waals surface area contributed by atoms with Crippen molar-refractivity contribution < 1.29 is 24.5 Å². The molecule has 1 amide bonds. The summed E-state index contributed by atoms with van der Waals surface area (Å²) in [5.41, 5.74) is 0. The summed E-state index contributed by atoms with van der Waals surface area (Å²) in [5, 5.41) is 23.3. The lowest BCUT2D eigenvalue weighted by Crippen LogP contribution is -2.45. The van der Waals surface area contributed by atoms with Crippen molar-refractivity contribution >= 4 is 11.9 Å². The van der Waals surface area contributed by atoms with Gasteiger partial charge in [-0.2, -0.15) is 0 Å². The molecule has 87 heavy (non-hydrogen) atoms. The second-order valence-electron chi connectivity index (χ2n) is 27.4. The lowest BCUT2D eigenvalue weighted by atomic mass is 10.0. The van der Waals surface area contributed by atoms with Crippen LogP contribution in [-0.4, -0.2) is 47.4 Å². The summed E-state index contributed by atoms with van der Waals surface area (Å²) in [7, 11) is 0. The van der Waals surface area contributed by atoms with Gasteiger partial charge in [-0.3, -0.25) is 9.59 Å². The number of carbonyl (C=O) groups is 2. The fraction of sp³-hybridized carbons (Fsp3) is 0.901. The SMILES string of the molecule is CCCCCCCCCCCCCCCCCCCC/C=C/C(O)C(CO)NC(=O)CCCCCCCCCCCCCCCCCCC/C=C\C/C=C\CCCCCCCCCCCOC(=O)CCCCCCCCCCCCCCCCCCC. The predicted octanol–water partition coefficient (Wildman–Crippen LogP) is 26.2. The van der Waals surface area contributed by atoms with Crippen molar-refractivity contribution in [3.05, 3.63) is 36.5 Å². The molecule has 0 fully saturated rings. The topological polar surface area (TPSA) is 95.9 Å². The molecule has 0 spiro atoms. The second-order valence-corrected chi connectivity index (χ2v) is 27.4. The largest absolute Gasteiger partial charge is 0.466 e. The molecule has 0 bridgehead atoms. The lowest BCUT2D eigenvalue weighted by Gasteiger charge is -2.20. The third-order valence-corrected chi connectivity index (χ3v) is 18.7. The van der Waals surface area contributed by atoms with E-state index in [1.807, 2.05) is 6.08 Å². The number of rotatable bonds is 75. The molecule has 0 heterocycles. The van der Waals surface area contributed by atoms with Crippen molar-refractivity contribution in [2.24, 2.45) is 0 Å². The molecular weight excluding hydrogens is 1070 g/mol. The van der Waals surface area contributed by atoms with E-state index in [0.717, 1.165) is 44.9 Å². The van der Waals surface area contributed by atoms with Crippen LogP contribution in [-0.2, 0) is 14.3 Å². The molecule has 0 saturated carbocycles. The number of amides is 1. The summed E-state index contributed by atoms with van der Waals surface area (Å²) in [4.78, 5) is 24.6. The minimum atomic E-state index is -0.844. The fourth-order valence-electron chi connectivity index (χ4n) is 12.6. The number of esters is 1. The van der Waals surface area contributed by atoms with E-state index in [9.17, 15) is 19.8 Å². The normalized spacial score (nSPS) is 12.6. The number of nitrogens with one attached hydrogen (secondary N) is 1. The van der Waals surface area contributed by atoms with E-state index in [1.54, 1.807) is 6.08 Å². The van der Waals surface area contributed by atoms with Crippen LogP contribution in [0.25, 0.3) is 0 Å². The molecule has 0 saturated heterocycles. The number of ether oxygens (including phenoxy) is 1. The highest BCUT2D eigenvalue weighted by molar-refractivity contribution is 5.76. The quantitative estimate of drug-likeness (QED) is 0.0320. The Kier molecular flexibility index (Phi) is 74.8. The molecular formula is C81H155NO5. The highest BCUT2D eigenvalue weighted by Gasteiger charge is 2.18. The zero-order chi connectivity index (χ0) is 62.8. The number of aliphatic hydroxyl groups excluding tert-OH is 2. The van der Waals surface area contributed by atoms with Crippen LogP contribution in [0, 0.1) is 0 Å². The lowest BCUT2D eigenvalue weighted by molar-refractivity contribution is -0.143. The van der Waals surface area contributed by atoms with Crippen LogP contribution in [0.15, 0.2) is 36.5 Å². The van der Waals surface area contributed by atoms with Gasteiger partial charge in [-0.15, -0.1) is 0 Å². The highest BCUT2D eigenvalue weighted by atomic mass is 16.5. The Morgan fingerprint density at radius 2 is 0.575 bits per heavy atom. The van der Waals surface area contributed by atoms with Crippen molar-refractivity contribution in [3.63, 3.8) is 0 Å². The highest BCUT2D eigenvalue weighted by Crippen LogP contribution is 2.20. The van der Waals surface area contributed by atoms with Gasteiger partial charge in [-0.1, -0.05) is 403 Å². The van der Waals surface area contributed by atoms with Crippen molar-refractivity contribution in [1.82, 2.24) is 5.32 Å². The van der Waals surface area contributed by atoms with Crippen molar-refractivity contribution in [1.29, 1.82) is 0 Å². The van der Waals surface area contributed by atoms with E-state index in [1.165, 1.54) is 372 Å². The first kappa shape index (κ1) is 85.1. The van der Waals surface area contributed by atoms with Crippen LogP contribution in [0.1, 0.15) is 444 Å². The van der Waals surface area contributed by atoms with Crippen LogP contribution in [0.2, 0.25) is 0 Å². The van der Waals surface area contributed by atoms with E-state index in [2.05, 4.69) is 43.5 Å². The summed E-state index contributed by atoms with van der Waals surface area (Å²) in [5.74, 6) is -0.0432. The molecule has 6 heteroatoms. The molecule has 3 N–H and O–H groups in total. The molecule has 0 aliphatic carbocycles. The Morgan fingerprint density at radius 1 is 0.322 bits per heavy atom. The van der Waals surface area contributed by atoms with Crippen molar-refractivity contribution in [2.45, 2.75) is 456 Å². The average molecular weight is 1220 g/mol. The van der Waals surface area contributed by atoms with Gasteiger partial charge in [0.2, 0.25) is 5.91 Å². The van der Waals surface area contributed by atoms with Gasteiger partial charge < -0.3 is 20.3 Å². The van der Waals surface area contributed by atoms with E-state index < -0.39 is 12.1 Å². The summed E-state index contributed by atoms with van der Waals surface area (Å²) < 4.78 is 5.51. The molecule has 0 rings (SSSR count). The number of unbranched alkanes of at least 4 members (excludes halogenated alkanes) is 60. The monoisotopic (exact) mass is 1220 g/mol. The Hall–Kier alpha value is -1.92. The van der Waals surface area contributed by atoms with Crippen LogP contribution in [0.3, 0.4) is 0 Å².